The number of benzene rings is 2. The van der Waals surface area contributed by atoms with Crippen molar-refractivity contribution in [1.29, 1.82) is 0 Å². The van der Waals surface area contributed by atoms with Crippen molar-refractivity contribution in [3.05, 3.63) is 58.7 Å². The van der Waals surface area contributed by atoms with E-state index in [1.165, 1.54) is 16.7 Å². The summed E-state index contributed by atoms with van der Waals surface area (Å²) in [7, 11) is 0. The molecule has 2 rings (SSSR count). The summed E-state index contributed by atoms with van der Waals surface area (Å²) in [5.74, 6) is 0. The van der Waals surface area contributed by atoms with E-state index in [0.29, 0.717) is 0 Å². The molecule has 0 aliphatic rings. The molecule has 1 nitrogen and oxygen atoms in total. The average molecular weight is 230 g/mol. The van der Waals surface area contributed by atoms with Gasteiger partial charge in [0.25, 0.3) is 0 Å². The van der Waals surface area contributed by atoms with Gasteiger partial charge in [-0.1, -0.05) is 0 Å². The molecule has 0 unspecified atom stereocenters. The molecule has 2 aromatic carbocycles. The monoisotopic (exact) mass is 230 g/mol. The minimum absolute atomic E-state index is 0.141. The maximum absolute atomic E-state index is 11.8. The molecule has 0 N–H and O–H groups in total. The standard InChI is InChI=1S/C16H15O.Li/c1-11-9-12(2)16(13(3)15(11)10-17)14-7-5-4-6-8-14;/h4-9H,1-3H3;. The molecule has 0 radical (unpaired) electrons. The number of hydrogen-bond donors (Lipinski definition) is 0. The van der Waals surface area contributed by atoms with Crippen LogP contribution < -0.4 is 0 Å². The summed E-state index contributed by atoms with van der Waals surface area (Å²) in [5.41, 5.74) is 6.60. The van der Waals surface area contributed by atoms with Gasteiger partial charge in [-0.15, -0.1) is 0 Å². The van der Waals surface area contributed by atoms with Crippen LogP contribution in [0.1, 0.15) is 27.0 Å². The van der Waals surface area contributed by atoms with E-state index in [1.807, 2.05) is 32.0 Å². The Morgan fingerprint density at radius 3 is 2.17 bits per heavy atom. The van der Waals surface area contributed by atoms with E-state index >= 15 is 0 Å². The van der Waals surface area contributed by atoms with Crippen LogP contribution in [-0.4, -0.2) is 22.2 Å². The molecular formula is C16H15LiO. The van der Waals surface area contributed by atoms with Gasteiger partial charge in [0.1, 0.15) is 0 Å². The normalized spacial score (nSPS) is 10.5. The first-order valence-electron chi connectivity index (χ1n) is 6.19. The topological polar surface area (TPSA) is 17.1 Å². The van der Waals surface area contributed by atoms with Crippen molar-refractivity contribution in [2.75, 3.05) is 0 Å². The minimum atomic E-state index is 0.141. The summed E-state index contributed by atoms with van der Waals surface area (Å²) in [5, 5.41) is 0. The van der Waals surface area contributed by atoms with Gasteiger partial charge < -0.3 is 0 Å². The fraction of sp³-hybridized carbons (Fsp3) is 0.188. The van der Waals surface area contributed by atoms with E-state index in [4.69, 9.17) is 0 Å². The Bertz CT molecular complexity index is 600. The second kappa shape index (κ2) is 5.14. The van der Waals surface area contributed by atoms with Crippen molar-refractivity contribution in [3.63, 3.8) is 0 Å². The Labute approximate surface area is 117 Å². The first kappa shape index (κ1) is 13.1. The molecule has 0 amide bonds. The van der Waals surface area contributed by atoms with Gasteiger partial charge >= 0.3 is 118 Å². The number of carbonyl (C=O) groups is 1. The molecule has 0 heterocycles. The molecule has 0 fully saturated rings. The second-order valence-corrected chi connectivity index (χ2v) is 4.81. The molecule has 0 spiro atoms. The molecule has 2 aromatic rings. The first-order chi connectivity index (χ1) is 8.52. The third-order valence-electron chi connectivity index (χ3n) is 3.39. The first-order valence-corrected chi connectivity index (χ1v) is 6.19. The Morgan fingerprint density at radius 2 is 1.61 bits per heavy atom. The molecule has 0 aliphatic carbocycles. The predicted molar refractivity (Wildman–Crippen MR) is 76.2 cm³/mol. The number of aryl methyl sites for hydroxylation is 2. The summed E-state index contributed by atoms with van der Waals surface area (Å²) >= 11 is 1.64. The molecule has 0 aliphatic heterocycles. The van der Waals surface area contributed by atoms with E-state index in [0.717, 1.165) is 16.7 Å². The Balaban J connectivity index is 2.76. The Hall–Kier alpha value is -1.29. The zero-order valence-electron chi connectivity index (χ0n) is 11.4. The zero-order valence-corrected chi connectivity index (χ0v) is 11.4. The van der Waals surface area contributed by atoms with E-state index in [1.54, 1.807) is 17.7 Å². The van der Waals surface area contributed by atoms with Crippen molar-refractivity contribution in [2.24, 2.45) is 0 Å². The second-order valence-electron chi connectivity index (χ2n) is 4.81. The van der Waals surface area contributed by atoms with Crippen LogP contribution in [-0.2, 0) is 0 Å². The molecule has 0 atom stereocenters. The number of carbonyl (C=O) groups excluding carboxylic acids is 1. The molecule has 18 heavy (non-hydrogen) atoms. The van der Waals surface area contributed by atoms with Crippen molar-refractivity contribution < 1.29 is 4.79 Å². The SMILES string of the molecule is [Li][C](=O)c1c(C)cc(C)c(-c2ccccc2)c1C. The van der Waals surface area contributed by atoms with Crippen LogP contribution >= 0.6 is 0 Å². The number of hydrogen-bond acceptors (Lipinski definition) is 1. The van der Waals surface area contributed by atoms with Crippen LogP contribution in [0.5, 0.6) is 0 Å². The summed E-state index contributed by atoms with van der Waals surface area (Å²) in [6, 6.07) is 12.4. The summed E-state index contributed by atoms with van der Waals surface area (Å²) in [6.07, 6.45) is 0. The van der Waals surface area contributed by atoms with Gasteiger partial charge in [-0.3, -0.25) is 0 Å². The van der Waals surface area contributed by atoms with Crippen LogP contribution in [0.15, 0.2) is 36.4 Å². The molecule has 0 saturated heterocycles. The zero-order chi connectivity index (χ0) is 13.3. The van der Waals surface area contributed by atoms with Gasteiger partial charge in [-0.2, -0.15) is 0 Å². The van der Waals surface area contributed by atoms with E-state index in [9.17, 15) is 4.79 Å². The average Bonchev–Trinajstić information content (AvgIpc) is 2.28. The van der Waals surface area contributed by atoms with Crippen molar-refractivity contribution in [1.82, 2.24) is 0 Å². The van der Waals surface area contributed by atoms with Crippen molar-refractivity contribution >= 4 is 22.2 Å². The molecule has 2 heteroatoms. The van der Waals surface area contributed by atoms with Crippen molar-refractivity contribution in [2.45, 2.75) is 20.8 Å². The third-order valence-corrected chi connectivity index (χ3v) is 3.39. The molecule has 0 bridgehead atoms. The van der Waals surface area contributed by atoms with Gasteiger partial charge in [0.2, 0.25) is 0 Å². The van der Waals surface area contributed by atoms with Crippen molar-refractivity contribution in [3.8, 4) is 11.1 Å². The van der Waals surface area contributed by atoms with Gasteiger partial charge in [-0.05, 0) is 0 Å². The van der Waals surface area contributed by atoms with Crippen LogP contribution in [0.2, 0.25) is 0 Å². The Morgan fingerprint density at radius 1 is 1.00 bits per heavy atom. The summed E-state index contributed by atoms with van der Waals surface area (Å²) in [6.45, 7) is 6.15. The molecular weight excluding hydrogens is 215 g/mol. The van der Waals surface area contributed by atoms with Gasteiger partial charge in [-0.25, -0.2) is 0 Å². The van der Waals surface area contributed by atoms with Crippen LogP contribution in [0.4, 0.5) is 0 Å². The third kappa shape index (κ3) is 2.29. The van der Waals surface area contributed by atoms with E-state index in [2.05, 4.69) is 25.1 Å². The van der Waals surface area contributed by atoms with Crippen LogP contribution in [0, 0.1) is 20.8 Å². The fourth-order valence-corrected chi connectivity index (χ4v) is 2.78. The molecule has 0 aromatic heterocycles. The van der Waals surface area contributed by atoms with E-state index < -0.39 is 0 Å². The molecule has 0 saturated carbocycles. The van der Waals surface area contributed by atoms with Gasteiger partial charge in [0.15, 0.2) is 0 Å². The number of rotatable bonds is 2. The van der Waals surface area contributed by atoms with Gasteiger partial charge in [0.05, 0.1) is 0 Å². The predicted octanol–water partition coefficient (Wildman–Crippen LogP) is 3.59. The molecule has 86 valence electrons. The summed E-state index contributed by atoms with van der Waals surface area (Å²) < 4.78 is 0.141. The van der Waals surface area contributed by atoms with Crippen LogP contribution in [0.25, 0.3) is 11.1 Å². The van der Waals surface area contributed by atoms with Crippen LogP contribution in [0.3, 0.4) is 0 Å². The quantitative estimate of drug-likeness (QED) is 0.720. The van der Waals surface area contributed by atoms with E-state index in [-0.39, 0.29) is 4.46 Å². The summed E-state index contributed by atoms with van der Waals surface area (Å²) in [4.78, 5) is 11.8. The fourth-order valence-electron chi connectivity index (χ4n) is 2.78. The Kier molecular flexibility index (Phi) is 3.75. The maximum atomic E-state index is 11.8. The van der Waals surface area contributed by atoms with Gasteiger partial charge in [0, 0.05) is 0 Å².